The second-order valence-electron chi connectivity index (χ2n) is 8.21. The van der Waals surface area contributed by atoms with E-state index in [4.69, 9.17) is 11.6 Å². The van der Waals surface area contributed by atoms with Crippen molar-refractivity contribution in [1.82, 2.24) is 0 Å². The monoisotopic (exact) mass is 453 g/mol. The average Bonchev–Trinajstić information content (AvgIpc) is 3.15. The molecule has 0 saturated carbocycles. The summed E-state index contributed by atoms with van der Waals surface area (Å²) in [5.74, 6) is -1.49. The van der Waals surface area contributed by atoms with Gasteiger partial charge in [0, 0.05) is 22.2 Å². The van der Waals surface area contributed by atoms with Crippen molar-refractivity contribution in [2.45, 2.75) is 18.0 Å². The summed E-state index contributed by atoms with van der Waals surface area (Å²) in [6.45, 7) is 0. The van der Waals surface area contributed by atoms with Crippen molar-refractivity contribution in [2.75, 3.05) is 4.90 Å². The van der Waals surface area contributed by atoms with Gasteiger partial charge in [-0.05, 0) is 53.6 Å². The van der Waals surface area contributed by atoms with E-state index in [0.717, 1.165) is 11.3 Å². The van der Waals surface area contributed by atoms with Gasteiger partial charge in [0.05, 0.1) is 18.2 Å². The summed E-state index contributed by atoms with van der Waals surface area (Å²) in [5.41, 5.74) is 1.13. The van der Waals surface area contributed by atoms with Gasteiger partial charge in [0.1, 0.15) is 11.9 Å². The number of carbonyl (C=O) groups excluding carboxylic acids is 1. The smallest absolute Gasteiger partial charge is 0.185 e. The largest absolute Gasteiger partial charge is 0.351 e. The van der Waals surface area contributed by atoms with Crippen molar-refractivity contribution in [3.63, 3.8) is 0 Å². The minimum absolute atomic E-state index is 0.280. The van der Waals surface area contributed by atoms with E-state index in [2.05, 4.69) is 12.1 Å². The molecule has 0 spiro atoms. The molecular weight excluding hydrogens is 437 g/mol. The van der Waals surface area contributed by atoms with Crippen LogP contribution in [0, 0.1) is 33.9 Å². The van der Waals surface area contributed by atoms with Crippen LogP contribution >= 0.6 is 11.6 Å². The zero-order valence-electron chi connectivity index (χ0n) is 17.3. The Hall–Kier alpha value is -3.93. The van der Waals surface area contributed by atoms with Gasteiger partial charge in [0.2, 0.25) is 0 Å². The SMILES string of the molecule is N#CC1(C#N)[C@@H](c2ccc(Cl)cc2)[C@H](C(=O)c2ccc(F)cc2)N2c3ccccc3C=C[C@@H]21. The van der Waals surface area contributed by atoms with Gasteiger partial charge in [-0.3, -0.25) is 4.79 Å². The summed E-state index contributed by atoms with van der Waals surface area (Å²) >= 11 is 6.10. The minimum atomic E-state index is -1.53. The second kappa shape index (κ2) is 7.89. The Kier molecular flexibility index (Phi) is 5.01. The number of hydrogen-bond donors (Lipinski definition) is 0. The fourth-order valence-corrected chi connectivity index (χ4v) is 5.19. The molecule has 33 heavy (non-hydrogen) atoms. The fraction of sp³-hybridized carbons (Fsp3) is 0.148. The van der Waals surface area contributed by atoms with Crippen LogP contribution in [0.25, 0.3) is 6.08 Å². The number of halogens is 2. The van der Waals surface area contributed by atoms with Crippen LogP contribution in [0.15, 0.2) is 78.9 Å². The van der Waals surface area contributed by atoms with Gasteiger partial charge in [-0.25, -0.2) is 4.39 Å². The Balaban J connectivity index is 1.78. The first-order valence-electron chi connectivity index (χ1n) is 10.4. The van der Waals surface area contributed by atoms with E-state index in [1.807, 2.05) is 41.3 Å². The Morgan fingerprint density at radius 1 is 0.970 bits per heavy atom. The predicted molar refractivity (Wildman–Crippen MR) is 124 cm³/mol. The van der Waals surface area contributed by atoms with Gasteiger partial charge in [0.25, 0.3) is 0 Å². The molecule has 3 aromatic carbocycles. The van der Waals surface area contributed by atoms with E-state index in [1.54, 1.807) is 24.3 Å². The van der Waals surface area contributed by atoms with Gasteiger partial charge >= 0.3 is 0 Å². The van der Waals surface area contributed by atoms with Crippen LogP contribution in [0.2, 0.25) is 5.02 Å². The summed E-state index contributed by atoms with van der Waals surface area (Å²) in [6.07, 6.45) is 3.72. The molecule has 0 aromatic heterocycles. The third-order valence-electron chi connectivity index (χ3n) is 6.54. The third kappa shape index (κ3) is 3.13. The van der Waals surface area contributed by atoms with Crippen molar-refractivity contribution in [2.24, 2.45) is 5.41 Å². The molecule has 3 atom stereocenters. The highest BCUT2D eigenvalue weighted by atomic mass is 35.5. The number of ketones is 1. The van der Waals surface area contributed by atoms with Gasteiger partial charge in [-0.2, -0.15) is 10.5 Å². The lowest BCUT2D eigenvalue weighted by Gasteiger charge is -2.35. The zero-order chi connectivity index (χ0) is 23.2. The number of para-hydroxylation sites is 1. The molecule has 160 valence electrons. The number of fused-ring (bicyclic) bond motifs is 3. The van der Waals surface area contributed by atoms with Crippen molar-refractivity contribution < 1.29 is 9.18 Å². The lowest BCUT2D eigenvalue weighted by atomic mass is 9.69. The maximum Gasteiger partial charge on any atom is 0.185 e. The fourth-order valence-electron chi connectivity index (χ4n) is 5.06. The van der Waals surface area contributed by atoms with Crippen LogP contribution in [-0.4, -0.2) is 17.9 Å². The minimum Gasteiger partial charge on any atom is -0.351 e. The maximum atomic E-state index is 14.0. The standard InChI is InChI=1S/C27H17ClFN3O/c28-20-10-5-18(6-11-20)24-25(26(33)19-7-12-21(29)13-8-19)32-22-4-2-1-3-17(22)9-14-23(32)27(24,15-30)16-31/h1-14,23-25H/t23-,24+,25-/m1/s1. The number of rotatable bonds is 3. The zero-order valence-corrected chi connectivity index (χ0v) is 18.1. The molecule has 2 aliphatic rings. The van der Waals surface area contributed by atoms with Crippen LogP contribution in [0.5, 0.6) is 0 Å². The van der Waals surface area contributed by atoms with Crippen LogP contribution < -0.4 is 4.90 Å². The molecule has 4 nitrogen and oxygen atoms in total. The molecule has 1 fully saturated rings. The lowest BCUT2D eigenvalue weighted by Crippen LogP contribution is -2.44. The molecule has 2 aliphatic heterocycles. The van der Waals surface area contributed by atoms with E-state index in [9.17, 15) is 19.7 Å². The highest BCUT2D eigenvalue weighted by Crippen LogP contribution is 2.55. The number of Topliss-reactive ketones (excluding diaryl/α,β-unsaturated/α-hetero) is 1. The summed E-state index contributed by atoms with van der Waals surface area (Å²) in [5, 5.41) is 21.3. The van der Waals surface area contributed by atoms with E-state index < -0.39 is 29.2 Å². The van der Waals surface area contributed by atoms with E-state index in [-0.39, 0.29) is 5.78 Å². The summed E-state index contributed by atoms with van der Waals surface area (Å²) in [4.78, 5) is 15.8. The van der Waals surface area contributed by atoms with Crippen LogP contribution in [0.1, 0.15) is 27.4 Å². The molecule has 0 unspecified atom stereocenters. The van der Waals surface area contributed by atoms with E-state index in [1.165, 1.54) is 24.3 Å². The van der Waals surface area contributed by atoms with Gasteiger partial charge in [-0.15, -0.1) is 0 Å². The van der Waals surface area contributed by atoms with E-state index >= 15 is 0 Å². The van der Waals surface area contributed by atoms with Crippen molar-refractivity contribution in [3.05, 3.63) is 106 Å². The Labute approximate surface area is 195 Å². The molecule has 0 N–H and O–H groups in total. The molecule has 0 bridgehead atoms. The normalized spacial score (nSPS) is 22.1. The van der Waals surface area contributed by atoms with Gasteiger partial charge in [-0.1, -0.05) is 54.1 Å². The highest BCUT2D eigenvalue weighted by molar-refractivity contribution is 6.30. The molecule has 2 heterocycles. The van der Waals surface area contributed by atoms with Crippen LogP contribution in [0.3, 0.4) is 0 Å². The van der Waals surface area contributed by atoms with Crippen molar-refractivity contribution in [1.29, 1.82) is 10.5 Å². The second-order valence-corrected chi connectivity index (χ2v) is 8.64. The van der Waals surface area contributed by atoms with Crippen LogP contribution in [0.4, 0.5) is 10.1 Å². The van der Waals surface area contributed by atoms with Crippen LogP contribution in [-0.2, 0) is 0 Å². The first-order valence-corrected chi connectivity index (χ1v) is 10.8. The maximum absolute atomic E-state index is 14.0. The molecule has 0 radical (unpaired) electrons. The molecular formula is C27H17ClFN3O. The average molecular weight is 454 g/mol. The van der Waals surface area contributed by atoms with Crippen molar-refractivity contribution in [3.8, 4) is 12.1 Å². The number of carbonyl (C=O) groups is 1. The first kappa shape index (κ1) is 20.9. The molecule has 3 aromatic rings. The molecule has 5 rings (SSSR count). The number of hydrogen-bond acceptors (Lipinski definition) is 4. The summed E-state index contributed by atoms with van der Waals surface area (Å²) < 4.78 is 13.6. The summed E-state index contributed by atoms with van der Waals surface area (Å²) in [6, 6.07) is 22.9. The molecule has 0 aliphatic carbocycles. The molecule has 0 amide bonds. The van der Waals surface area contributed by atoms with Gasteiger partial charge < -0.3 is 4.90 Å². The lowest BCUT2D eigenvalue weighted by molar-refractivity contribution is 0.0951. The summed E-state index contributed by atoms with van der Waals surface area (Å²) in [7, 11) is 0. The first-order chi connectivity index (χ1) is 16.0. The number of nitriles is 2. The number of nitrogens with zero attached hydrogens (tertiary/aromatic N) is 3. The molecule has 6 heteroatoms. The molecule has 1 saturated heterocycles. The number of anilines is 1. The highest BCUT2D eigenvalue weighted by Gasteiger charge is 2.63. The third-order valence-corrected chi connectivity index (χ3v) is 6.79. The number of benzene rings is 3. The Morgan fingerprint density at radius 3 is 2.30 bits per heavy atom. The van der Waals surface area contributed by atoms with E-state index in [0.29, 0.717) is 16.1 Å². The van der Waals surface area contributed by atoms with Gasteiger partial charge in [0.15, 0.2) is 11.2 Å². The Morgan fingerprint density at radius 2 is 1.64 bits per heavy atom. The quantitative estimate of drug-likeness (QED) is 0.472. The Bertz CT molecular complexity index is 1340. The van der Waals surface area contributed by atoms with Crippen molar-refractivity contribution >= 4 is 29.1 Å². The topological polar surface area (TPSA) is 67.9 Å². The predicted octanol–water partition coefficient (Wildman–Crippen LogP) is 5.76.